The van der Waals surface area contributed by atoms with Crippen LogP contribution in [0.4, 0.5) is 4.39 Å². The quantitative estimate of drug-likeness (QED) is 0.818. The summed E-state index contributed by atoms with van der Waals surface area (Å²) in [6, 6.07) is 3.57. The summed E-state index contributed by atoms with van der Waals surface area (Å²) < 4.78 is 39.0. The number of aliphatic hydroxyl groups excluding tert-OH is 2. The Balaban J connectivity index is 2.35. The number of β-amino-alcohol motifs (C(OH)–C–C–N with tert-alkyl or cyclic N) is 1. The summed E-state index contributed by atoms with van der Waals surface area (Å²) in [5.74, 6) is -0.623. The molecule has 5 nitrogen and oxygen atoms in total. The highest BCUT2D eigenvalue weighted by atomic mass is 32.2. The van der Waals surface area contributed by atoms with E-state index in [4.69, 9.17) is 0 Å². The van der Waals surface area contributed by atoms with Crippen molar-refractivity contribution >= 4 is 10.0 Å². The molecular formula is C12H16FNO4S. The number of sulfonamides is 1. The van der Waals surface area contributed by atoms with Crippen LogP contribution in [0.5, 0.6) is 0 Å². The van der Waals surface area contributed by atoms with Crippen LogP contribution in [0.2, 0.25) is 0 Å². The number of nitrogens with zero attached hydrogens (tertiary/aromatic N) is 1. The largest absolute Gasteiger partial charge is 0.390 e. The first-order valence-electron chi connectivity index (χ1n) is 5.95. The molecule has 1 aliphatic rings. The van der Waals surface area contributed by atoms with Crippen molar-refractivity contribution in [1.29, 1.82) is 0 Å². The van der Waals surface area contributed by atoms with Crippen molar-refractivity contribution in [3.8, 4) is 0 Å². The van der Waals surface area contributed by atoms with E-state index in [1.807, 2.05) is 0 Å². The fourth-order valence-corrected chi connectivity index (χ4v) is 3.81. The van der Waals surface area contributed by atoms with Crippen LogP contribution in [0.1, 0.15) is 12.0 Å². The first-order chi connectivity index (χ1) is 8.82. The summed E-state index contributed by atoms with van der Waals surface area (Å²) in [5, 5.41) is 19.0. The van der Waals surface area contributed by atoms with Gasteiger partial charge < -0.3 is 10.2 Å². The van der Waals surface area contributed by atoms with Crippen LogP contribution in [-0.4, -0.2) is 48.2 Å². The topological polar surface area (TPSA) is 77.8 Å². The third-order valence-corrected chi connectivity index (χ3v) is 5.28. The lowest BCUT2D eigenvalue weighted by molar-refractivity contribution is -0.0192. The van der Waals surface area contributed by atoms with Gasteiger partial charge in [-0.2, -0.15) is 4.31 Å². The molecule has 1 heterocycles. The van der Waals surface area contributed by atoms with Crippen molar-refractivity contribution in [2.45, 2.75) is 30.4 Å². The van der Waals surface area contributed by atoms with Gasteiger partial charge in [0, 0.05) is 13.1 Å². The van der Waals surface area contributed by atoms with Crippen molar-refractivity contribution in [3.63, 3.8) is 0 Å². The Bertz CT molecular complexity index is 575. The Hall–Kier alpha value is -1.02. The van der Waals surface area contributed by atoms with Crippen molar-refractivity contribution in [2.24, 2.45) is 0 Å². The zero-order chi connectivity index (χ0) is 14.2. The summed E-state index contributed by atoms with van der Waals surface area (Å²) in [6.07, 6.45) is -1.87. The molecule has 0 aliphatic carbocycles. The highest BCUT2D eigenvalue weighted by Gasteiger charge is 2.34. The van der Waals surface area contributed by atoms with Crippen molar-refractivity contribution < 1.29 is 23.0 Å². The Morgan fingerprint density at radius 1 is 1.32 bits per heavy atom. The van der Waals surface area contributed by atoms with E-state index in [1.54, 1.807) is 6.92 Å². The monoisotopic (exact) mass is 289 g/mol. The predicted octanol–water partition coefficient (Wildman–Crippen LogP) is 0.250. The van der Waals surface area contributed by atoms with Gasteiger partial charge in [0.2, 0.25) is 10.0 Å². The van der Waals surface area contributed by atoms with Crippen LogP contribution in [0, 0.1) is 12.7 Å². The highest BCUT2D eigenvalue weighted by molar-refractivity contribution is 7.89. The predicted molar refractivity (Wildman–Crippen MR) is 66.5 cm³/mol. The number of rotatable bonds is 2. The van der Waals surface area contributed by atoms with Gasteiger partial charge in [0.15, 0.2) is 0 Å². The smallest absolute Gasteiger partial charge is 0.243 e. The Labute approximate surface area is 111 Å². The summed E-state index contributed by atoms with van der Waals surface area (Å²) in [4.78, 5) is -0.101. The molecule has 1 aromatic carbocycles. The van der Waals surface area contributed by atoms with E-state index in [0.717, 1.165) is 10.4 Å². The van der Waals surface area contributed by atoms with Crippen molar-refractivity contribution in [1.82, 2.24) is 4.31 Å². The van der Waals surface area contributed by atoms with Gasteiger partial charge in [-0.15, -0.1) is 0 Å². The number of aryl methyl sites for hydroxylation is 1. The third kappa shape index (κ3) is 2.79. The Kier molecular flexibility index (Phi) is 3.91. The van der Waals surface area contributed by atoms with Gasteiger partial charge in [-0.05, 0) is 31.0 Å². The SMILES string of the molecule is Cc1ccc(F)cc1S(=O)(=O)N1CC[C@H](O)[C@H](O)C1. The first-order valence-corrected chi connectivity index (χ1v) is 7.39. The van der Waals surface area contributed by atoms with Crippen LogP contribution in [0.15, 0.2) is 23.1 Å². The molecule has 1 fully saturated rings. The molecule has 2 atom stereocenters. The molecule has 0 unspecified atom stereocenters. The van der Waals surface area contributed by atoms with Gasteiger partial charge in [-0.1, -0.05) is 6.07 Å². The number of hydrogen-bond acceptors (Lipinski definition) is 4. The van der Waals surface area contributed by atoms with Gasteiger partial charge in [0.25, 0.3) is 0 Å². The van der Waals surface area contributed by atoms with Gasteiger partial charge in [0.05, 0.1) is 17.1 Å². The zero-order valence-electron chi connectivity index (χ0n) is 10.5. The van der Waals surface area contributed by atoms with E-state index >= 15 is 0 Å². The molecule has 0 spiro atoms. The standard InChI is InChI=1S/C12H16FNO4S/c1-8-2-3-9(13)6-12(8)19(17,18)14-5-4-10(15)11(16)7-14/h2-3,6,10-11,15-16H,4-5,7H2,1H3/t10-,11+/m0/s1. The Morgan fingerprint density at radius 3 is 2.63 bits per heavy atom. The molecule has 1 saturated heterocycles. The molecule has 0 aromatic heterocycles. The molecule has 2 N–H and O–H groups in total. The molecule has 0 radical (unpaired) electrons. The lowest BCUT2D eigenvalue weighted by Crippen LogP contribution is -2.48. The van der Waals surface area contributed by atoms with E-state index in [0.29, 0.717) is 5.56 Å². The number of hydrogen-bond donors (Lipinski definition) is 2. The maximum absolute atomic E-state index is 13.2. The summed E-state index contributed by atoms with van der Waals surface area (Å²) in [7, 11) is -3.85. The first kappa shape index (κ1) is 14.4. The molecular weight excluding hydrogens is 273 g/mol. The van der Waals surface area contributed by atoms with E-state index in [2.05, 4.69) is 0 Å². The van der Waals surface area contributed by atoms with Gasteiger partial charge in [-0.25, -0.2) is 12.8 Å². The molecule has 19 heavy (non-hydrogen) atoms. The van der Waals surface area contributed by atoms with Crippen LogP contribution in [0.25, 0.3) is 0 Å². The lowest BCUT2D eigenvalue weighted by Gasteiger charge is -2.32. The molecule has 7 heteroatoms. The minimum absolute atomic E-state index is 0.101. The van der Waals surface area contributed by atoms with E-state index < -0.39 is 28.0 Å². The minimum atomic E-state index is -3.85. The average molecular weight is 289 g/mol. The van der Waals surface area contributed by atoms with Crippen LogP contribution in [0.3, 0.4) is 0 Å². The van der Waals surface area contributed by atoms with E-state index in [-0.39, 0.29) is 24.4 Å². The summed E-state index contributed by atoms with van der Waals surface area (Å²) >= 11 is 0. The number of halogens is 1. The van der Waals surface area contributed by atoms with Crippen LogP contribution in [-0.2, 0) is 10.0 Å². The normalized spacial score (nSPS) is 25.5. The fraction of sp³-hybridized carbons (Fsp3) is 0.500. The Morgan fingerprint density at radius 2 is 2.00 bits per heavy atom. The van der Waals surface area contributed by atoms with E-state index in [1.165, 1.54) is 12.1 Å². The second-order valence-corrected chi connectivity index (χ2v) is 6.60. The molecule has 0 saturated carbocycles. The van der Waals surface area contributed by atoms with Crippen LogP contribution >= 0.6 is 0 Å². The number of aliphatic hydroxyl groups is 2. The maximum atomic E-state index is 13.2. The molecule has 0 bridgehead atoms. The lowest BCUT2D eigenvalue weighted by atomic mass is 10.1. The van der Waals surface area contributed by atoms with Gasteiger partial charge in [0.1, 0.15) is 5.82 Å². The summed E-state index contributed by atoms with van der Waals surface area (Å²) in [6.45, 7) is 1.51. The molecule has 1 aromatic rings. The highest BCUT2D eigenvalue weighted by Crippen LogP contribution is 2.24. The second kappa shape index (κ2) is 5.16. The average Bonchev–Trinajstić information content (AvgIpc) is 2.35. The fourth-order valence-electron chi connectivity index (χ4n) is 2.10. The van der Waals surface area contributed by atoms with Gasteiger partial charge in [-0.3, -0.25) is 0 Å². The zero-order valence-corrected chi connectivity index (χ0v) is 11.3. The minimum Gasteiger partial charge on any atom is -0.390 e. The van der Waals surface area contributed by atoms with Crippen molar-refractivity contribution in [2.75, 3.05) is 13.1 Å². The maximum Gasteiger partial charge on any atom is 0.243 e. The van der Waals surface area contributed by atoms with Crippen LogP contribution < -0.4 is 0 Å². The molecule has 2 rings (SSSR count). The molecule has 0 amide bonds. The molecule has 1 aliphatic heterocycles. The number of piperidine rings is 1. The molecule has 106 valence electrons. The van der Waals surface area contributed by atoms with E-state index in [9.17, 15) is 23.0 Å². The number of benzene rings is 1. The van der Waals surface area contributed by atoms with Gasteiger partial charge >= 0.3 is 0 Å². The van der Waals surface area contributed by atoms with Crippen molar-refractivity contribution in [3.05, 3.63) is 29.6 Å². The third-order valence-electron chi connectivity index (χ3n) is 3.28. The second-order valence-electron chi connectivity index (χ2n) is 4.70. The summed E-state index contributed by atoms with van der Waals surface area (Å²) in [5.41, 5.74) is 0.446.